The molecule has 0 spiro atoms. The Morgan fingerprint density at radius 1 is 0.291 bits per heavy atom. The summed E-state index contributed by atoms with van der Waals surface area (Å²) >= 11 is 0. The van der Waals surface area contributed by atoms with Crippen LogP contribution in [0.4, 0.5) is 0 Å². The van der Waals surface area contributed by atoms with Crippen LogP contribution in [0.15, 0.2) is 176 Å². The fourth-order valence-electron chi connectivity index (χ4n) is 8.67. The van der Waals surface area contributed by atoms with Crippen LogP contribution >= 0.6 is 0 Å². The van der Waals surface area contributed by atoms with Crippen molar-refractivity contribution in [2.24, 2.45) is 0 Å². The average molecular weight is 700 g/mol. The van der Waals surface area contributed by atoms with Gasteiger partial charge >= 0.3 is 0 Å². The molecule has 0 unspecified atom stereocenters. The summed E-state index contributed by atoms with van der Waals surface area (Å²) in [6.45, 7) is 0. The number of hydrogen-bond donors (Lipinski definition) is 0. The summed E-state index contributed by atoms with van der Waals surface area (Å²) in [5.74, 6) is 0. The van der Waals surface area contributed by atoms with E-state index in [0.717, 1.165) is 72.1 Å². The lowest BCUT2D eigenvalue weighted by atomic mass is 10.0. The van der Waals surface area contributed by atoms with E-state index < -0.39 is 0 Å². The highest BCUT2D eigenvalue weighted by molar-refractivity contribution is 6.12. The van der Waals surface area contributed by atoms with Crippen LogP contribution in [0.3, 0.4) is 0 Å². The van der Waals surface area contributed by atoms with Crippen molar-refractivity contribution in [1.29, 1.82) is 10.5 Å². The first-order chi connectivity index (χ1) is 27.2. The highest BCUT2D eigenvalue weighted by Crippen LogP contribution is 2.39. The summed E-state index contributed by atoms with van der Waals surface area (Å²) in [7, 11) is 0. The molecule has 8 aromatic carbocycles. The zero-order valence-corrected chi connectivity index (χ0v) is 29.5. The number of nitriles is 2. The molecule has 3 aromatic heterocycles. The van der Waals surface area contributed by atoms with Crippen molar-refractivity contribution in [1.82, 2.24) is 13.7 Å². The van der Waals surface area contributed by atoms with Gasteiger partial charge in [-0.15, -0.1) is 0 Å². The van der Waals surface area contributed by atoms with E-state index in [1.165, 1.54) is 21.5 Å². The van der Waals surface area contributed by atoms with Crippen LogP contribution in [-0.2, 0) is 0 Å². The fraction of sp³-hybridized carbons (Fsp3) is 0. The lowest BCUT2D eigenvalue weighted by molar-refractivity contribution is 1.15. The predicted octanol–water partition coefficient (Wildman–Crippen LogP) is 12.4. The molecule has 0 amide bonds. The third-order valence-corrected chi connectivity index (χ3v) is 11.1. The quantitative estimate of drug-likeness (QED) is 0.184. The lowest BCUT2D eigenvalue weighted by Crippen LogP contribution is -1.98. The van der Waals surface area contributed by atoms with Gasteiger partial charge in [0, 0.05) is 49.4 Å². The molecule has 0 fully saturated rings. The van der Waals surface area contributed by atoms with E-state index >= 15 is 0 Å². The maximum atomic E-state index is 10.4. The summed E-state index contributed by atoms with van der Waals surface area (Å²) < 4.78 is 6.87. The standard InChI is InChI=1S/C50H29N5/c51-30-32-17-24-49-44(27-32)43-23-22-37(54-47-15-7-3-11-41(47)42-12-4-8-16-48(42)54)29-50(43)55(49)38-26-33(31-52)25-35(28-38)34-18-20-36(21-19-34)53-45-13-5-1-9-39(45)40-10-2-6-14-46(40)53/h1-29H. The Bertz CT molecular complexity index is 3350. The monoisotopic (exact) mass is 699 g/mol. The lowest BCUT2D eigenvalue weighted by Gasteiger charge is -2.14. The minimum Gasteiger partial charge on any atom is -0.309 e. The van der Waals surface area contributed by atoms with Crippen LogP contribution in [0.2, 0.25) is 0 Å². The number of benzene rings is 8. The minimum atomic E-state index is 0.571. The van der Waals surface area contributed by atoms with Gasteiger partial charge in [0.25, 0.3) is 0 Å². The van der Waals surface area contributed by atoms with E-state index in [2.05, 4.69) is 171 Å². The van der Waals surface area contributed by atoms with Crippen LogP contribution in [0, 0.1) is 22.7 Å². The summed E-state index contributed by atoms with van der Waals surface area (Å²) in [4.78, 5) is 0. The third-order valence-electron chi connectivity index (χ3n) is 11.1. The second-order valence-electron chi connectivity index (χ2n) is 14.0. The average Bonchev–Trinajstić information content (AvgIpc) is 3.88. The highest BCUT2D eigenvalue weighted by Gasteiger charge is 2.18. The molecule has 0 aliphatic rings. The van der Waals surface area contributed by atoms with Crippen molar-refractivity contribution in [2.75, 3.05) is 0 Å². The van der Waals surface area contributed by atoms with Gasteiger partial charge in [-0.05, 0) is 96.1 Å². The molecule has 3 heterocycles. The van der Waals surface area contributed by atoms with Gasteiger partial charge in [-0.2, -0.15) is 10.5 Å². The maximum absolute atomic E-state index is 10.4. The molecule has 0 saturated heterocycles. The van der Waals surface area contributed by atoms with Crippen LogP contribution in [-0.4, -0.2) is 13.7 Å². The van der Waals surface area contributed by atoms with Crippen molar-refractivity contribution >= 4 is 65.4 Å². The fourth-order valence-corrected chi connectivity index (χ4v) is 8.67. The van der Waals surface area contributed by atoms with Gasteiger partial charge in [-0.1, -0.05) is 91.0 Å². The molecule has 0 N–H and O–H groups in total. The van der Waals surface area contributed by atoms with E-state index in [9.17, 15) is 10.5 Å². The third kappa shape index (κ3) is 4.58. The van der Waals surface area contributed by atoms with Gasteiger partial charge in [-0.3, -0.25) is 0 Å². The molecule has 5 heteroatoms. The predicted molar refractivity (Wildman–Crippen MR) is 224 cm³/mol. The SMILES string of the molecule is N#Cc1cc(-c2ccc(-n3c4ccccc4c4ccccc43)cc2)cc(-n2c3ccc(C#N)cc3c3ccc(-n4c5ccccc5c5ccccc54)cc32)c1. The first-order valence-corrected chi connectivity index (χ1v) is 18.3. The Labute approximate surface area is 316 Å². The number of nitrogens with zero attached hydrogens (tertiary/aromatic N) is 5. The van der Waals surface area contributed by atoms with Crippen LogP contribution < -0.4 is 0 Å². The normalized spacial score (nSPS) is 11.6. The topological polar surface area (TPSA) is 62.4 Å². The van der Waals surface area contributed by atoms with E-state index in [1.54, 1.807) is 0 Å². The molecule has 0 bridgehead atoms. The summed E-state index contributed by atoms with van der Waals surface area (Å²) in [5.41, 5.74) is 12.7. The van der Waals surface area contributed by atoms with Gasteiger partial charge in [-0.25, -0.2) is 0 Å². The van der Waals surface area contributed by atoms with Gasteiger partial charge < -0.3 is 13.7 Å². The number of hydrogen-bond acceptors (Lipinski definition) is 2. The first-order valence-electron chi connectivity index (χ1n) is 18.3. The zero-order chi connectivity index (χ0) is 36.6. The molecule has 55 heavy (non-hydrogen) atoms. The molecule has 0 saturated carbocycles. The van der Waals surface area contributed by atoms with E-state index in [0.29, 0.717) is 11.1 Å². The summed E-state index contributed by atoms with van der Waals surface area (Å²) in [5, 5.41) is 27.1. The molecular weight excluding hydrogens is 671 g/mol. The van der Waals surface area contributed by atoms with Crippen molar-refractivity contribution in [3.05, 3.63) is 187 Å². The Morgan fingerprint density at radius 3 is 1.33 bits per heavy atom. The Hall–Kier alpha value is -7.86. The van der Waals surface area contributed by atoms with Crippen molar-refractivity contribution in [3.63, 3.8) is 0 Å². The molecule has 0 aliphatic heterocycles. The Morgan fingerprint density at radius 2 is 0.764 bits per heavy atom. The van der Waals surface area contributed by atoms with Gasteiger partial charge in [0.15, 0.2) is 0 Å². The molecular formula is C50H29N5. The van der Waals surface area contributed by atoms with E-state index in [1.807, 2.05) is 30.3 Å². The number of fused-ring (bicyclic) bond motifs is 9. The number of aromatic nitrogens is 3. The smallest absolute Gasteiger partial charge is 0.0992 e. The van der Waals surface area contributed by atoms with Gasteiger partial charge in [0.1, 0.15) is 0 Å². The molecule has 254 valence electrons. The molecule has 0 atom stereocenters. The molecule has 0 radical (unpaired) electrons. The zero-order valence-electron chi connectivity index (χ0n) is 29.5. The van der Waals surface area contributed by atoms with Crippen LogP contribution in [0.5, 0.6) is 0 Å². The van der Waals surface area contributed by atoms with E-state index in [4.69, 9.17) is 0 Å². The molecule has 11 rings (SSSR count). The molecule has 0 aliphatic carbocycles. The number of rotatable bonds is 4. The second kappa shape index (κ2) is 11.8. The van der Waals surface area contributed by atoms with Crippen molar-refractivity contribution in [3.8, 4) is 40.3 Å². The second-order valence-corrected chi connectivity index (χ2v) is 14.0. The van der Waals surface area contributed by atoms with Crippen molar-refractivity contribution in [2.45, 2.75) is 0 Å². The minimum absolute atomic E-state index is 0.571. The summed E-state index contributed by atoms with van der Waals surface area (Å²) in [6, 6.07) is 66.0. The van der Waals surface area contributed by atoms with E-state index in [-0.39, 0.29) is 0 Å². The Balaban J connectivity index is 1.11. The van der Waals surface area contributed by atoms with Crippen LogP contribution in [0.25, 0.3) is 93.6 Å². The molecule has 5 nitrogen and oxygen atoms in total. The van der Waals surface area contributed by atoms with Gasteiger partial charge in [0.2, 0.25) is 0 Å². The molecule has 11 aromatic rings. The van der Waals surface area contributed by atoms with Crippen LogP contribution in [0.1, 0.15) is 11.1 Å². The Kier molecular flexibility index (Phi) is 6.61. The number of para-hydroxylation sites is 4. The summed E-state index contributed by atoms with van der Waals surface area (Å²) in [6.07, 6.45) is 0. The van der Waals surface area contributed by atoms with Crippen molar-refractivity contribution < 1.29 is 0 Å². The maximum Gasteiger partial charge on any atom is 0.0992 e. The van der Waals surface area contributed by atoms with Gasteiger partial charge in [0.05, 0.1) is 56.4 Å². The largest absolute Gasteiger partial charge is 0.309 e. The first kappa shape index (κ1) is 30.7. The highest BCUT2D eigenvalue weighted by atomic mass is 15.0.